The molecule has 1 fully saturated rings. The second kappa shape index (κ2) is 5.95. The zero-order valence-corrected chi connectivity index (χ0v) is 12.8. The van der Waals surface area contributed by atoms with Crippen LogP contribution in [0.25, 0.3) is 0 Å². The normalized spacial score (nSPS) is 23.6. The van der Waals surface area contributed by atoms with Crippen molar-refractivity contribution in [1.82, 2.24) is 30.1 Å². The second-order valence-electron chi connectivity index (χ2n) is 5.89. The summed E-state index contributed by atoms with van der Waals surface area (Å²) in [6.45, 7) is 9.64. The molecule has 1 saturated heterocycles. The predicted molar refractivity (Wildman–Crippen MR) is 77.7 cm³/mol. The lowest BCUT2D eigenvalue weighted by Crippen LogP contribution is -2.44. The molecule has 0 bridgehead atoms. The summed E-state index contributed by atoms with van der Waals surface area (Å²) in [6, 6.07) is 0. The average molecular weight is 290 g/mol. The van der Waals surface area contributed by atoms with Gasteiger partial charge in [-0.1, -0.05) is 5.21 Å². The Bertz CT molecular complexity index is 582. The third-order valence-corrected chi connectivity index (χ3v) is 3.72. The van der Waals surface area contributed by atoms with Crippen LogP contribution in [0.15, 0.2) is 12.4 Å². The molecule has 21 heavy (non-hydrogen) atoms. The van der Waals surface area contributed by atoms with E-state index >= 15 is 0 Å². The molecule has 0 aliphatic carbocycles. The molecule has 1 aliphatic heterocycles. The molecule has 2 aromatic rings. The molecule has 3 rings (SSSR count). The quantitative estimate of drug-likeness (QED) is 0.908. The topological polar surface area (TPSA) is 71.9 Å². The van der Waals surface area contributed by atoms with E-state index in [-0.39, 0.29) is 12.2 Å². The van der Waals surface area contributed by atoms with Crippen molar-refractivity contribution in [3.8, 4) is 0 Å². The summed E-state index contributed by atoms with van der Waals surface area (Å²) in [5, 5.41) is 15.5. The third kappa shape index (κ3) is 3.48. The van der Waals surface area contributed by atoms with Crippen LogP contribution in [0.4, 0.5) is 0 Å². The highest BCUT2D eigenvalue weighted by molar-refractivity contribution is 5.13. The summed E-state index contributed by atoms with van der Waals surface area (Å²) in [6.07, 6.45) is 4.38. The standard InChI is InChI=1S/C14H22N6O/c1-10-4-15-17-14(10)9-20-8-13(16-18-20)7-19-5-11(2)21-12(3)6-19/h4,8,11-12H,5-7,9H2,1-3H3,(H,15,17)/t11-,12+. The van der Waals surface area contributed by atoms with E-state index in [1.807, 2.05) is 24.0 Å². The first kappa shape index (κ1) is 14.2. The van der Waals surface area contributed by atoms with Gasteiger partial charge in [0.1, 0.15) is 0 Å². The van der Waals surface area contributed by atoms with E-state index in [0.29, 0.717) is 6.54 Å². The van der Waals surface area contributed by atoms with Crippen molar-refractivity contribution in [1.29, 1.82) is 0 Å². The molecule has 0 unspecified atom stereocenters. The summed E-state index contributed by atoms with van der Waals surface area (Å²) in [7, 11) is 0. The number of morpholine rings is 1. The Labute approximate surface area is 124 Å². The summed E-state index contributed by atoms with van der Waals surface area (Å²) < 4.78 is 7.60. The number of aromatic amines is 1. The minimum absolute atomic E-state index is 0.274. The predicted octanol–water partition coefficient (Wildman–Crippen LogP) is 0.967. The molecule has 0 radical (unpaired) electrons. The van der Waals surface area contributed by atoms with E-state index in [2.05, 4.69) is 39.3 Å². The van der Waals surface area contributed by atoms with Crippen LogP contribution >= 0.6 is 0 Å². The number of H-pyrrole nitrogens is 1. The molecular weight excluding hydrogens is 268 g/mol. The molecule has 0 spiro atoms. The molecule has 0 amide bonds. The van der Waals surface area contributed by atoms with Gasteiger partial charge in [0.2, 0.25) is 0 Å². The number of rotatable bonds is 4. The number of aromatic nitrogens is 5. The van der Waals surface area contributed by atoms with Crippen molar-refractivity contribution in [2.24, 2.45) is 0 Å². The van der Waals surface area contributed by atoms with Crippen LogP contribution in [-0.2, 0) is 17.8 Å². The Morgan fingerprint density at radius 2 is 2.05 bits per heavy atom. The van der Waals surface area contributed by atoms with Gasteiger partial charge in [0.15, 0.2) is 0 Å². The number of ether oxygens (including phenoxy) is 1. The van der Waals surface area contributed by atoms with Gasteiger partial charge >= 0.3 is 0 Å². The maximum absolute atomic E-state index is 5.75. The molecule has 2 atom stereocenters. The van der Waals surface area contributed by atoms with Gasteiger partial charge in [-0.2, -0.15) is 5.10 Å². The fourth-order valence-electron chi connectivity index (χ4n) is 2.83. The number of aryl methyl sites for hydroxylation is 1. The third-order valence-electron chi connectivity index (χ3n) is 3.72. The van der Waals surface area contributed by atoms with Crippen molar-refractivity contribution in [3.05, 3.63) is 29.3 Å². The molecule has 1 aliphatic rings. The van der Waals surface area contributed by atoms with Gasteiger partial charge in [0.25, 0.3) is 0 Å². The van der Waals surface area contributed by atoms with Crippen LogP contribution in [-0.4, -0.2) is 55.4 Å². The Morgan fingerprint density at radius 1 is 1.29 bits per heavy atom. The lowest BCUT2D eigenvalue weighted by molar-refractivity contribution is -0.0707. The fraction of sp³-hybridized carbons (Fsp3) is 0.643. The number of hydrogen-bond acceptors (Lipinski definition) is 5. The monoisotopic (exact) mass is 290 g/mol. The van der Waals surface area contributed by atoms with Gasteiger partial charge in [-0.15, -0.1) is 5.10 Å². The first-order chi connectivity index (χ1) is 10.1. The Balaban J connectivity index is 1.61. The van der Waals surface area contributed by atoms with E-state index in [4.69, 9.17) is 4.74 Å². The fourth-order valence-corrected chi connectivity index (χ4v) is 2.83. The average Bonchev–Trinajstić information content (AvgIpc) is 2.99. The van der Waals surface area contributed by atoms with Gasteiger partial charge in [0.05, 0.1) is 42.5 Å². The van der Waals surface area contributed by atoms with Crippen LogP contribution < -0.4 is 0 Å². The zero-order valence-electron chi connectivity index (χ0n) is 12.8. The van der Waals surface area contributed by atoms with Crippen LogP contribution in [0, 0.1) is 6.92 Å². The van der Waals surface area contributed by atoms with E-state index in [9.17, 15) is 0 Å². The van der Waals surface area contributed by atoms with Gasteiger partial charge in [-0.25, -0.2) is 4.68 Å². The van der Waals surface area contributed by atoms with Crippen LogP contribution in [0.5, 0.6) is 0 Å². The van der Waals surface area contributed by atoms with Crippen molar-refractivity contribution >= 4 is 0 Å². The molecule has 2 aromatic heterocycles. The van der Waals surface area contributed by atoms with Crippen LogP contribution in [0.1, 0.15) is 30.8 Å². The second-order valence-corrected chi connectivity index (χ2v) is 5.89. The van der Waals surface area contributed by atoms with Crippen LogP contribution in [0.2, 0.25) is 0 Å². The van der Waals surface area contributed by atoms with Gasteiger partial charge < -0.3 is 4.74 Å². The van der Waals surface area contributed by atoms with Gasteiger partial charge in [0, 0.05) is 19.6 Å². The molecule has 3 heterocycles. The smallest absolute Gasteiger partial charge is 0.0967 e. The van der Waals surface area contributed by atoms with Crippen molar-refractivity contribution in [2.75, 3.05) is 13.1 Å². The van der Waals surface area contributed by atoms with E-state index in [1.54, 1.807) is 0 Å². The van der Waals surface area contributed by atoms with Gasteiger partial charge in [-0.05, 0) is 26.3 Å². The molecule has 7 nitrogen and oxygen atoms in total. The lowest BCUT2D eigenvalue weighted by Gasteiger charge is -2.34. The number of nitrogens with one attached hydrogen (secondary N) is 1. The summed E-state index contributed by atoms with van der Waals surface area (Å²) in [5.74, 6) is 0. The summed E-state index contributed by atoms with van der Waals surface area (Å²) in [5.41, 5.74) is 3.21. The molecule has 0 saturated carbocycles. The largest absolute Gasteiger partial charge is 0.373 e. The van der Waals surface area contributed by atoms with E-state index in [0.717, 1.165) is 36.6 Å². The molecular formula is C14H22N6O. The zero-order chi connectivity index (χ0) is 14.8. The maximum Gasteiger partial charge on any atom is 0.0967 e. The Hall–Kier alpha value is -1.73. The lowest BCUT2D eigenvalue weighted by atomic mass is 10.2. The summed E-state index contributed by atoms with van der Waals surface area (Å²) >= 11 is 0. The van der Waals surface area contributed by atoms with E-state index < -0.39 is 0 Å². The Morgan fingerprint density at radius 3 is 2.71 bits per heavy atom. The van der Waals surface area contributed by atoms with Crippen molar-refractivity contribution in [2.45, 2.75) is 46.1 Å². The summed E-state index contributed by atoms with van der Waals surface area (Å²) in [4.78, 5) is 2.37. The highest BCUT2D eigenvalue weighted by Gasteiger charge is 2.22. The first-order valence-electron chi connectivity index (χ1n) is 7.36. The van der Waals surface area contributed by atoms with Crippen LogP contribution in [0.3, 0.4) is 0 Å². The highest BCUT2D eigenvalue weighted by Crippen LogP contribution is 2.13. The number of hydrogen-bond donors (Lipinski definition) is 1. The highest BCUT2D eigenvalue weighted by atomic mass is 16.5. The molecule has 1 N–H and O–H groups in total. The Kier molecular flexibility index (Phi) is 4.03. The van der Waals surface area contributed by atoms with E-state index in [1.165, 1.54) is 0 Å². The SMILES string of the molecule is Cc1cn[nH]c1Cn1cc(CN2C[C@@H](C)O[C@@H](C)C2)nn1. The minimum atomic E-state index is 0.274. The maximum atomic E-state index is 5.75. The first-order valence-corrected chi connectivity index (χ1v) is 7.36. The molecule has 7 heteroatoms. The van der Waals surface area contributed by atoms with Crippen molar-refractivity contribution in [3.63, 3.8) is 0 Å². The van der Waals surface area contributed by atoms with Gasteiger partial charge in [-0.3, -0.25) is 10.00 Å². The molecule has 114 valence electrons. The number of nitrogens with zero attached hydrogens (tertiary/aromatic N) is 5. The minimum Gasteiger partial charge on any atom is -0.373 e. The van der Waals surface area contributed by atoms with Crippen molar-refractivity contribution < 1.29 is 4.74 Å². The molecule has 0 aromatic carbocycles.